The zero-order valence-electron chi connectivity index (χ0n) is 16.5. The molecule has 1 aromatic heterocycles. The van der Waals surface area contributed by atoms with Gasteiger partial charge in [0.15, 0.2) is 0 Å². The van der Waals surface area contributed by atoms with Crippen molar-refractivity contribution in [2.45, 2.75) is 5.92 Å². The average molecular weight is 426 g/mol. The van der Waals surface area contributed by atoms with Gasteiger partial charge in [0.1, 0.15) is 6.61 Å². The molecule has 6 heteroatoms. The summed E-state index contributed by atoms with van der Waals surface area (Å²) in [5, 5.41) is 2.68. The molecule has 1 aliphatic rings. The minimum absolute atomic E-state index is 0.0319. The molecule has 0 spiro atoms. The molecular formula is C25H18N2O3S. The molecule has 31 heavy (non-hydrogen) atoms. The summed E-state index contributed by atoms with van der Waals surface area (Å²) in [6.45, 7) is 0.453. The Morgan fingerprint density at radius 1 is 1.03 bits per heavy atom. The fraction of sp³-hybridized carbons (Fsp3) is 0.120. The van der Waals surface area contributed by atoms with Crippen LogP contribution in [0.15, 0.2) is 71.5 Å². The van der Waals surface area contributed by atoms with Gasteiger partial charge in [-0.15, -0.1) is 0 Å². The Morgan fingerprint density at radius 2 is 1.74 bits per heavy atom. The number of aromatic nitrogens is 1. The van der Waals surface area contributed by atoms with E-state index in [9.17, 15) is 9.59 Å². The van der Waals surface area contributed by atoms with Crippen molar-refractivity contribution in [1.82, 2.24) is 10.3 Å². The molecule has 152 valence electrons. The predicted molar refractivity (Wildman–Crippen MR) is 122 cm³/mol. The number of carbonyl (C=O) groups excluding carboxylic acids is 1. The van der Waals surface area contributed by atoms with Crippen LogP contribution >= 0.6 is 11.3 Å². The number of hydrogen-bond donors (Lipinski definition) is 2. The first-order valence-electron chi connectivity index (χ1n) is 9.89. The lowest BCUT2D eigenvalue weighted by Crippen LogP contribution is -2.26. The van der Waals surface area contributed by atoms with Crippen molar-refractivity contribution in [3.63, 3.8) is 0 Å². The van der Waals surface area contributed by atoms with Gasteiger partial charge in [0.25, 0.3) is 0 Å². The number of nitrogens with one attached hydrogen (secondary N) is 2. The van der Waals surface area contributed by atoms with Crippen LogP contribution in [0.1, 0.15) is 22.6 Å². The number of amides is 1. The monoisotopic (exact) mass is 426 g/mol. The van der Waals surface area contributed by atoms with Gasteiger partial charge in [0.2, 0.25) is 0 Å². The lowest BCUT2D eigenvalue weighted by molar-refractivity contribution is 0.144. The summed E-state index contributed by atoms with van der Waals surface area (Å²) in [4.78, 5) is 26.2. The van der Waals surface area contributed by atoms with Gasteiger partial charge in [-0.1, -0.05) is 71.7 Å². The van der Waals surface area contributed by atoms with E-state index >= 15 is 0 Å². The van der Waals surface area contributed by atoms with Gasteiger partial charge in [-0.2, -0.15) is 0 Å². The molecule has 0 fully saturated rings. The predicted octanol–water partition coefficient (Wildman–Crippen LogP) is 4.48. The lowest BCUT2D eigenvalue weighted by Gasteiger charge is -2.14. The van der Waals surface area contributed by atoms with Crippen molar-refractivity contribution in [3.8, 4) is 23.0 Å². The summed E-state index contributed by atoms with van der Waals surface area (Å²) in [7, 11) is 0. The SMILES string of the molecule is O=C(NCC#Cc1ccc2[nH]c(=O)sc2c1)OCC1c2ccccc2-c2ccccc21. The number of ether oxygens (including phenoxy) is 1. The molecule has 0 saturated carbocycles. The fourth-order valence-corrected chi connectivity index (χ4v) is 4.71. The van der Waals surface area contributed by atoms with Crippen LogP contribution in [-0.4, -0.2) is 24.2 Å². The number of aromatic amines is 1. The van der Waals surface area contributed by atoms with Crippen LogP contribution < -0.4 is 10.2 Å². The number of alkyl carbamates (subject to hydrolysis) is 1. The average Bonchev–Trinajstić information content (AvgIpc) is 3.32. The number of fused-ring (bicyclic) bond motifs is 4. The van der Waals surface area contributed by atoms with Crippen molar-refractivity contribution in [2.75, 3.05) is 13.2 Å². The Hall–Kier alpha value is -3.82. The van der Waals surface area contributed by atoms with E-state index in [2.05, 4.69) is 46.4 Å². The minimum atomic E-state index is -0.490. The molecule has 0 aliphatic heterocycles. The highest BCUT2D eigenvalue weighted by Crippen LogP contribution is 2.44. The van der Waals surface area contributed by atoms with E-state index in [1.54, 1.807) is 0 Å². The van der Waals surface area contributed by atoms with Crippen LogP contribution in [0.3, 0.4) is 0 Å². The van der Waals surface area contributed by atoms with Crippen LogP contribution in [-0.2, 0) is 4.74 Å². The Kier molecular flexibility index (Phi) is 5.03. The molecule has 1 heterocycles. The van der Waals surface area contributed by atoms with Crippen molar-refractivity contribution in [2.24, 2.45) is 0 Å². The normalized spacial score (nSPS) is 12.0. The molecule has 2 N–H and O–H groups in total. The highest BCUT2D eigenvalue weighted by atomic mass is 32.1. The van der Waals surface area contributed by atoms with Crippen LogP contribution in [0.2, 0.25) is 0 Å². The molecule has 0 atom stereocenters. The largest absolute Gasteiger partial charge is 0.449 e. The van der Waals surface area contributed by atoms with Gasteiger partial charge in [-0.3, -0.25) is 4.79 Å². The van der Waals surface area contributed by atoms with Crippen LogP contribution in [0.5, 0.6) is 0 Å². The maximum atomic E-state index is 12.2. The van der Waals surface area contributed by atoms with E-state index in [1.165, 1.54) is 22.3 Å². The van der Waals surface area contributed by atoms with Gasteiger partial charge >= 0.3 is 11.0 Å². The van der Waals surface area contributed by atoms with Crippen molar-refractivity contribution in [3.05, 3.63) is 93.1 Å². The first-order valence-corrected chi connectivity index (χ1v) is 10.7. The number of hydrogen-bond acceptors (Lipinski definition) is 4. The molecule has 0 unspecified atom stereocenters. The number of rotatable bonds is 3. The maximum Gasteiger partial charge on any atom is 0.407 e. The second-order valence-corrected chi connectivity index (χ2v) is 8.22. The Labute approximate surface area is 182 Å². The van der Waals surface area contributed by atoms with Crippen LogP contribution in [0, 0.1) is 11.8 Å². The summed E-state index contributed by atoms with van der Waals surface area (Å²) in [6, 6.07) is 22.0. The van der Waals surface area contributed by atoms with E-state index in [0.717, 1.165) is 27.1 Å². The highest BCUT2D eigenvalue weighted by Gasteiger charge is 2.28. The molecule has 0 saturated heterocycles. The van der Waals surface area contributed by atoms with Gasteiger partial charge in [0.05, 0.1) is 16.8 Å². The van der Waals surface area contributed by atoms with Crippen LogP contribution in [0.4, 0.5) is 4.79 Å². The van der Waals surface area contributed by atoms with Crippen molar-refractivity contribution < 1.29 is 9.53 Å². The van der Waals surface area contributed by atoms with Crippen molar-refractivity contribution in [1.29, 1.82) is 0 Å². The van der Waals surface area contributed by atoms with Gasteiger partial charge < -0.3 is 15.0 Å². The van der Waals surface area contributed by atoms with E-state index in [4.69, 9.17) is 4.74 Å². The third-order valence-electron chi connectivity index (χ3n) is 5.32. The third-order valence-corrected chi connectivity index (χ3v) is 6.16. The first kappa shape index (κ1) is 19.2. The van der Waals surface area contributed by atoms with Crippen LogP contribution in [0.25, 0.3) is 21.3 Å². The number of thiazole rings is 1. The smallest absolute Gasteiger partial charge is 0.407 e. The van der Waals surface area contributed by atoms with Gasteiger partial charge in [0, 0.05) is 11.5 Å². The summed E-state index contributed by atoms with van der Waals surface area (Å²) in [5.41, 5.74) is 6.34. The zero-order chi connectivity index (χ0) is 21.2. The summed E-state index contributed by atoms with van der Waals surface area (Å²) < 4.78 is 6.36. The Bertz CT molecular complexity index is 1360. The molecule has 0 bridgehead atoms. The zero-order valence-corrected chi connectivity index (χ0v) is 17.3. The number of benzene rings is 3. The minimum Gasteiger partial charge on any atom is -0.449 e. The summed E-state index contributed by atoms with van der Waals surface area (Å²) in [6.07, 6.45) is -0.490. The summed E-state index contributed by atoms with van der Waals surface area (Å²) in [5.74, 6) is 5.94. The standard InChI is InChI=1S/C25H18N2O3S/c28-24(26-13-5-6-16-11-12-22-23(14-16)31-25(29)27-22)30-15-21-19-9-3-1-7-17(19)18-8-2-4-10-20(18)21/h1-4,7-12,14,21H,13,15H2,(H,26,28)(H,27,29). The topological polar surface area (TPSA) is 71.2 Å². The molecule has 1 aliphatic carbocycles. The molecule has 0 radical (unpaired) electrons. The number of carbonyl (C=O) groups is 1. The van der Waals surface area contributed by atoms with Crippen molar-refractivity contribution >= 4 is 27.6 Å². The number of H-pyrrole nitrogens is 1. The van der Waals surface area contributed by atoms with Gasteiger partial charge in [-0.25, -0.2) is 4.79 Å². The van der Waals surface area contributed by atoms with Gasteiger partial charge in [-0.05, 0) is 40.5 Å². The highest BCUT2D eigenvalue weighted by molar-refractivity contribution is 7.16. The fourth-order valence-electron chi connectivity index (χ4n) is 3.94. The second-order valence-electron chi connectivity index (χ2n) is 7.21. The maximum absolute atomic E-state index is 12.2. The second kappa shape index (κ2) is 8.13. The molecular weight excluding hydrogens is 408 g/mol. The Morgan fingerprint density at radius 3 is 2.48 bits per heavy atom. The van der Waals surface area contributed by atoms with E-state index in [-0.39, 0.29) is 23.9 Å². The van der Waals surface area contributed by atoms with E-state index in [0.29, 0.717) is 0 Å². The lowest BCUT2D eigenvalue weighted by atomic mass is 9.98. The molecule has 5 rings (SSSR count). The quantitative estimate of drug-likeness (QED) is 0.475. The van der Waals surface area contributed by atoms with E-state index in [1.807, 2.05) is 42.5 Å². The molecule has 3 aromatic carbocycles. The molecule has 4 aromatic rings. The first-order chi connectivity index (χ1) is 15.2. The molecule has 5 nitrogen and oxygen atoms in total. The Balaban J connectivity index is 1.19. The van der Waals surface area contributed by atoms with E-state index < -0.39 is 6.09 Å². The third kappa shape index (κ3) is 3.83. The molecule has 1 amide bonds. The summed E-state index contributed by atoms with van der Waals surface area (Å²) >= 11 is 1.15.